The third-order valence-electron chi connectivity index (χ3n) is 6.29. The van der Waals surface area contributed by atoms with E-state index in [-0.39, 0.29) is 27.4 Å². The molecule has 0 aliphatic heterocycles. The van der Waals surface area contributed by atoms with E-state index in [0.717, 1.165) is 10.5 Å². The molecule has 217 valence electrons. The van der Waals surface area contributed by atoms with Gasteiger partial charge >= 0.3 is 17.1 Å². The Morgan fingerprint density at radius 2 is 1.12 bits per heavy atom. The van der Waals surface area contributed by atoms with Crippen LogP contribution in [0.15, 0.2) is 141 Å². The molecule has 0 atom stereocenters. The number of nitrogens with zero attached hydrogens (tertiary/aromatic N) is 4. The molecule has 0 heterocycles. The number of benzene rings is 4. The maximum Gasteiger partial charge on any atom is 2.00 e. The molecule has 0 saturated carbocycles. The van der Waals surface area contributed by atoms with Crippen LogP contribution in [0.2, 0.25) is 0 Å². The van der Waals surface area contributed by atoms with Crippen molar-refractivity contribution in [1.29, 1.82) is 0 Å². The van der Waals surface area contributed by atoms with Crippen molar-refractivity contribution in [1.82, 2.24) is 10.6 Å². The summed E-state index contributed by atoms with van der Waals surface area (Å²) in [6.07, 6.45) is 0.581. The Kier molecular flexibility index (Phi) is 13.1. The van der Waals surface area contributed by atoms with E-state index in [1.54, 1.807) is 7.05 Å². The first-order valence-corrected chi connectivity index (χ1v) is 16.1. The van der Waals surface area contributed by atoms with Crippen LogP contribution < -0.4 is 26.5 Å². The molecule has 0 fully saturated rings. The number of amidine groups is 2. The quantitative estimate of drug-likeness (QED) is 0.0461. The van der Waals surface area contributed by atoms with Gasteiger partial charge in [0.25, 0.3) is 0 Å². The molecule has 11 heteroatoms. The molecule has 0 spiro atoms. The molecule has 42 heavy (non-hydrogen) atoms. The zero-order valence-corrected chi connectivity index (χ0v) is 27.3. The van der Waals surface area contributed by atoms with Gasteiger partial charge in [-0.1, -0.05) is 66.7 Å². The van der Waals surface area contributed by atoms with Crippen LogP contribution in [0.4, 0.5) is 0 Å². The van der Waals surface area contributed by atoms with E-state index < -0.39 is 7.26 Å². The Bertz CT molecular complexity index is 1450. The Labute approximate surface area is 275 Å². The third kappa shape index (κ3) is 8.48. The first-order chi connectivity index (χ1) is 19.9. The second-order valence-corrected chi connectivity index (χ2v) is 13.7. The molecule has 4 aromatic carbocycles. The number of thiol groups is 1. The van der Waals surface area contributed by atoms with Crippen molar-refractivity contribution >= 4 is 82.8 Å². The Morgan fingerprint density at radius 3 is 1.57 bits per heavy atom. The molecule has 4 rings (SSSR count). The van der Waals surface area contributed by atoms with Crippen LogP contribution in [0.25, 0.3) is 0 Å². The molecule has 0 unspecified atom stereocenters. The van der Waals surface area contributed by atoms with Gasteiger partial charge in [0.15, 0.2) is 0 Å². The summed E-state index contributed by atoms with van der Waals surface area (Å²) in [4.78, 5) is 0.836. The summed E-state index contributed by atoms with van der Waals surface area (Å²) in [5.74, 6) is 0. The molecule has 0 aromatic heterocycles. The number of hydrogen-bond donors (Lipinski definition) is 3. The van der Waals surface area contributed by atoms with Crippen LogP contribution in [-0.4, -0.2) is 35.1 Å². The summed E-state index contributed by atoms with van der Waals surface area (Å²) in [7, 11) is -0.431. The molecule has 0 aliphatic rings. The molecule has 2 N–H and O–H groups in total. The maximum absolute atomic E-state index is 5.66. The smallest absolute Gasteiger partial charge is 0.741 e. The molecule has 1 radical (unpaired) electrons. The Hall–Kier alpha value is -3.10. The topological polar surface area (TPSA) is 73.5 Å². The van der Waals surface area contributed by atoms with Crippen molar-refractivity contribution in [3.63, 3.8) is 0 Å². The predicted octanol–water partition coefficient (Wildman–Crippen LogP) is 4.62. The summed E-state index contributed by atoms with van der Waals surface area (Å²) in [6.45, 7) is 1.81. The van der Waals surface area contributed by atoms with Crippen molar-refractivity contribution in [2.45, 2.75) is 11.8 Å². The third-order valence-corrected chi connectivity index (χ3v) is 11.3. The van der Waals surface area contributed by atoms with Gasteiger partial charge in [0.1, 0.15) is 35.2 Å². The van der Waals surface area contributed by atoms with Crippen molar-refractivity contribution < 1.29 is 17.1 Å². The van der Waals surface area contributed by atoms with E-state index in [4.69, 9.17) is 25.3 Å². The molecule has 0 bridgehead atoms. The molecule has 0 amide bonds. The number of nitrogens with one attached hydrogen (secondary N) is 2. The summed E-state index contributed by atoms with van der Waals surface area (Å²) >= 11 is 15.2. The van der Waals surface area contributed by atoms with Crippen LogP contribution in [0.5, 0.6) is 0 Å². The van der Waals surface area contributed by atoms with E-state index in [0.29, 0.717) is 17.7 Å². The van der Waals surface area contributed by atoms with Crippen LogP contribution in [0.3, 0.4) is 0 Å². The summed E-state index contributed by atoms with van der Waals surface area (Å²) in [5, 5.41) is 27.7. The van der Waals surface area contributed by atoms with Crippen LogP contribution in [-0.2, 0) is 42.3 Å². The van der Waals surface area contributed by atoms with Gasteiger partial charge in [0, 0.05) is 22.7 Å². The van der Waals surface area contributed by atoms with Gasteiger partial charge in [0.05, 0.1) is 5.71 Å². The summed E-state index contributed by atoms with van der Waals surface area (Å²) < 4.78 is 0. The SMILES string of the molecule is CN/C([S-])=N/N=C(/C(C)=N/N=C(\[S-])NC[P+](c1ccccc1)(c1ccccc1)c1ccccc1)c1ccc(S)cc1.[Cu+2]. The van der Waals surface area contributed by atoms with Gasteiger partial charge in [-0.05, 0) is 60.6 Å². The Balaban J connectivity index is 0.00000484. The second kappa shape index (κ2) is 16.5. The van der Waals surface area contributed by atoms with E-state index in [2.05, 4.69) is 116 Å². The fourth-order valence-electron chi connectivity index (χ4n) is 4.26. The zero-order valence-electron chi connectivity index (χ0n) is 23.0. The van der Waals surface area contributed by atoms with Crippen molar-refractivity contribution in [2.24, 2.45) is 20.4 Å². The van der Waals surface area contributed by atoms with Gasteiger partial charge in [0.2, 0.25) is 0 Å². The van der Waals surface area contributed by atoms with Gasteiger partial charge in [-0.2, -0.15) is 15.3 Å². The van der Waals surface area contributed by atoms with E-state index in [9.17, 15) is 0 Å². The standard InChI is InChI=1S/C31H31N6PS3.Cu/c1-23(29(35-36-30(40)32-2)24-18-20-28(39)21-19-24)34-37-31(41)33-22-38(25-12-6-3-7-13-25,26-14-8-4-9-15-26)27-16-10-5-11-17-27;/h3-21H,22H2,1-2H3,(H4-,32,33,34,35,36,37,39,40,41);/q;+2/p-1. The molecular weight excluding hydrogens is 647 g/mol. The number of hydrogen-bond acceptors (Lipinski definition) is 7. The zero-order chi connectivity index (χ0) is 29.1. The van der Waals surface area contributed by atoms with Crippen LogP contribution in [0, 0.1) is 0 Å². The average Bonchev–Trinajstić information content (AvgIpc) is 3.02. The molecular formula is C31H30CuN6PS3+. The minimum atomic E-state index is -2.13. The molecule has 0 saturated heterocycles. The summed E-state index contributed by atoms with van der Waals surface area (Å²) in [6, 6.07) is 39.3. The fourth-order valence-corrected chi connectivity index (χ4v) is 8.54. The van der Waals surface area contributed by atoms with Crippen molar-refractivity contribution in [3.05, 3.63) is 121 Å². The summed E-state index contributed by atoms with van der Waals surface area (Å²) in [5.41, 5.74) is 1.88. The van der Waals surface area contributed by atoms with Gasteiger partial charge in [-0.15, -0.1) is 17.7 Å². The minimum absolute atomic E-state index is 0. The van der Waals surface area contributed by atoms with E-state index >= 15 is 0 Å². The van der Waals surface area contributed by atoms with E-state index in [1.807, 2.05) is 49.4 Å². The van der Waals surface area contributed by atoms with Gasteiger partial charge in [-0.25, -0.2) is 0 Å². The monoisotopic (exact) mass is 676 g/mol. The van der Waals surface area contributed by atoms with Gasteiger partial charge < -0.3 is 35.9 Å². The molecule has 4 aromatic rings. The van der Waals surface area contributed by atoms with Crippen LogP contribution >= 0.6 is 19.9 Å². The molecule has 0 aliphatic carbocycles. The largest absolute Gasteiger partial charge is 2.00 e. The Morgan fingerprint density at radius 1 is 0.667 bits per heavy atom. The average molecular weight is 677 g/mol. The minimum Gasteiger partial charge on any atom is -0.741 e. The molecule has 6 nitrogen and oxygen atoms in total. The normalized spacial score (nSPS) is 12.8. The van der Waals surface area contributed by atoms with E-state index in [1.165, 1.54) is 15.9 Å². The fraction of sp³-hybridized carbons (Fsp3) is 0.0968. The van der Waals surface area contributed by atoms with Crippen molar-refractivity contribution in [2.75, 3.05) is 13.3 Å². The first kappa shape index (κ1) is 33.4. The number of rotatable bonds is 9. The van der Waals surface area contributed by atoms with Crippen LogP contribution in [0.1, 0.15) is 12.5 Å². The first-order valence-electron chi connectivity index (χ1n) is 12.8. The maximum atomic E-state index is 5.66. The van der Waals surface area contributed by atoms with Crippen molar-refractivity contribution in [3.8, 4) is 0 Å². The van der Waals surface area contributed by atoms with Gasteiger partial charge in [-0.3, -0.25) is 0 Å². The predicted molar refractivity (Wildman–Crippen MR) is 185 cm³/mol. The second-order valence-electron chi connectivity index (χ2n) is 8.89.